The first-order valence-electron chi connectivity index (χ1n) is 11.0. The van der Waals surface area contributed by atoms with Crippen molar-refractivity contribution in [2.75, 3.05) is 31.1 Å². The Morgan fingerprint density at radius 1 is 0.931 bits per heavy atom. The average molecular weight is 392 g/mol. The number of nitrogens with zero attached hydrogens (tertiary/aromatic N) is 3. The molecular weight excluding hydrogens is 358 g/mol. The number of anilines is 1. The minimum atomic E-state index is 0.330. The molecule has 29 heavy (non-hydrogen) atoms. The third kappa shape index (κ3) is 6.74. The largest absolute Gasteiger partial charge is 0.368 e. The molecule has 1 aromatic heterocycles. The van der Waals surface area contributed by atoms with Crippen LogP contribution in [0, 0.1) is 0 Å². The zero-order valence-corrected chi connectivity index (χ0v) is 17.6. The number of aromatic nitrogens is 1. The highest BCUT2D eigenvalue weighted by Crippen LogP contribution is 2.19. The van der Waals surface area contributed by atoms with Crippen molar-refractivity contribution in [3.8, 4) is 0 Å². The molecule has 1 aliphatic rings. The van der Waals surface area contributed by atoms with E-state index >= 15 is 0 Å². The van der Waals surface area contributed by atoms with Gasteiger partial charge in [0.15, 0.2) is 0 Å². The number of carbonyl (C=O) groups is 1. The smallest absolute Gasteiger partial charge is 0.222 e. The van der Waals surface area contributed by atoms with Crippen molar-refractivity contribution in [2.45, 2.75) is 45.4 Å². The number of pyridine rings is 1. The second-order valence-electron chi connectivity index (χ2n) is 7.71. The summed E-state index contributed by atoms with van der Waals surface area (Å²) in [4.78, 5) is 21.1. The van der Waals surface area contributed by atoms with Gasteiger partial charge in [-0.3, -0.25) is 9.78 Å². The molecule has 3 rings (SSSR count). The molecule has 0 radical (unpaired) electrons. The van der Waals surface area contributed by atoms with Crippen LogP contribution in [-0.2, 0) is 4.79 Å². The summed E-state index contributed by atoms with van der Waals surface area (Å²) in [7, 11) is 0. The Balaban J connectivity index is 1.43. The van der Waals surface area contributed by atoms with E-state index in [4.69, 9.17) is 0 Å². The first-order chi connectivity index (χ1) is 14.3. The van der Waals surface area contributed by atoms with Crippen molar-refractivity contribution in [1.29, 1.82) is 0 Å². The SMILES string of the molecule is CCCCCCCC(=O)N1CCN(c2ccc(/C=C/c3ccccn3)cc2)CC1. The molecule has 1 saturated heterocycles. The molecule has 0 bridgehead atoms. The van der Waals surface area contributed by atoms with Crippen LogP contribution in [-0.4, -0.2) is 42.0 Å². The van der Waals surface area contributed by atoms with E-state index in [1.165, 1.54) is 31.4 Å². The van der Waals surface area contributed by atoms with Crippen molar-refractivity contribution in [3.05, 3.63) is 59.9 Å². The van der Waals surface area contributed by atoms with Gasteiger partial charge in [-0.15, -0.1) is 0 Å². The molecule has 1 fully saturated rings. The van der Waals surface area contributed by atoms with E-state index in [0.29, 0.717) is 12.3 Å². The Labute approximate surface area is 175 Å². The van der Waals surface area contributed by atoms with Gasteiger partial charge in [0.2, 0.25) is 5.91 Å². The highest BCUT2D eigenvalue weighted by atomic mass is 16.2. The molecule has 0 unspecified atom stereocenters. The summed E-state index contributed by atoms with van der Waals surface area (Å²) in [6, 6.07) is 14.5. The van der Waals surface area contributed by atoms with E-state index in [2.05, 4.69) is 47.1 Å². The molecule has 0 atom stereocenters. The van der Waals surface area contributed by atoms with Gasteiger partial charge in [-0.1, -0.05) is 56.9 Å². The van der Waals surface area contributed by atoms with Gasteiger partial charge < -0.3 is 9.80 Å². The molecule has 2 aromatic rings. The fourth-order valence-electron chi connectivity index (χ4n) is 3.70. The normalized spacial score (nSPS) is 14.5. The summed E-state index contributed by atoms with van der Waals surface area (Å²) in [5.74, 6) is 0.330. The number of rotatable bonds is 9. The quantitative estimate of drug-likeness (QED) is 0.547. The molecule has 2 heterocycles. The van der Waals surface area contributed by atoms with Gasteiger partial charge >= 0.3 is 0 Å². The number of amides is 1. The Bertz CT molecular complexity index is 762. The zero-order chi connectivity index (χ0) is 20.3. The van der Waals surface area contributed by atoms with Crippen LogP contribution in [0.15, 0.2) is 48.7 Å². The number of carbonyl (C=O) groups excluding carboxylic acids is 1. The molecule has 1 amide bonds. The third-order valence-corrected chi connectivity index (χ3v) is 5.52. The summed E-state index contributed by atoms with van der Waals surface area (Å²) in [5, 5.41) is 0. The van der Waals surface area contributed by atoms with Crippen molar-refractivity contribution < 1.29 is 4.79 Å². The second kappa shape index (κ2) is 11.4. The van der Waals surface area contributed by atoms with E-state index in [1.807, 2.05) is 29.2 Å². The van der Waals surface area contributed by atoms with Gasteiger partial charge in [0.05, 0.1) is 5.69 Å². The van der Waals surface area contributed by atoms with E-state index in [0.717, 1.165) is 43.9 Å². The molecule has 1 aliphatic heterocycles. The van der Waals surface area contributed by atoms with E-state index in [-0.39, 0.29) is 0 Å². The van der Waals surface area contributed by atoms with Gasteiger partial charge in [0, 0.05) is 44.5 Å². The summed E-state index contributed by atoms with van der Waals surface area (Å²) in [6.07, 6.45) is 12.6. The third-order valence-electron chi connectivity index (χ3n) is 5.52. The van der Waals surface area contributed by atoms with E-state index < -0.39 is 0 Å². The van der Waals surface area contributed by atoms with Crippen molar-refractivity contribution in [2.24, 2.45) is 0 Å². The van der Waals surface area contributed by atoms with Crippen LogP contribution >= 0.6 is 0 Å². The topological polar surface area (TPSA) is 36.4 Å². The Morgan fingerprint density at radius 3 is 2.38 bits per heavy atom. The standard InChI is InChI=1S/C25H33N3O/c1-2-3-4-5-6-10-25(29)28-20-18-27(19-21-28)24-15-12-22(13-16-24)11-14-23-9-7-8-17-26-23/h7-9,11-17H,2-6,10,18-21H2,1H3/b14-11+. The Morgan fingerprint density at radius 2 is 1.69 bits per heavy atom. The maximum Gasteiger partial charge on any atom is 0.222 e. The number of benzene rings is 1. The van der Waals surface area contributed by atoms with Gasteiger partial charge in [-0.05, 0) is 42.3 Å². The highest BCUT2D eigenvalue weighted by molar-refractivity contribution is 5.76. The highest BCUT2D eigenvalue weighted by Gasteiger charge is 2.20. The predicted molar refractivity (Wildman–Crippen MR) is 122 cm³/mol. The lowest BCUT2D eigenvalue weighted by molar-refractivity contribution is -0.131. The van der Waals surface area contributed by atoms with Crippen LogP contribution in [0.3, 0.4) is 0 Å². The molecule has 4 heteroatoms. The van der Waals surface area contributed by atoms with Gasteiger partial charge in [-0.2, -0.15) is 0 Å². The van der Waals surface area contributed by atoms with Crippen molar-refractivity contribution >= 4 is 23.7 Å². The first-order valence-corrected chi connectivity index (χ1v) is 11.0. The van der Waals surface area contributed by atoms with E-state index in [1.54, 1.807) is 6.20 Å². The van der Waals surface area contributed by atoms with Crippen LogP contribution in [0.5, 0.6) is 0 Å². The Kier molecular flexibility index (Phi) is 8.29. The number of hydrogen-bond donors (Lipinski definition) is 0. The molecule has 0 saturated carbocycles. The van der Waals surface area contributed by atoms with Gasteiger partial charge in [0.1, 0.15) is 0 Å². The fourth-order valence-corrected chi connectivity index (χ4v) is 3.70. The fraction of sp³-hybridized carbons (Fsp3) is 0.440. The molecule has 154 valence electrons. The molecule has 1 aromatic carbocycles. The van der Waals surface area contributed by atoms with Crippen LogP contribution in [0.2, 0.25) is 0 Å². The maximum absolute atomic E-state index is 12.4. The lowest BCUT2D eigenvalue weighted by Gasteiger charge is -2.36. The molecule has 4 nitrogen and oxygen atoms in total. The first kappa shape index (κ1) is 21.1. The second-order valence-corrected chi connectivity index (χ2v) is 7.71. The molecule has 0 N–H and O–H groups in total. The van der Waals surface area contributed by atoms with Crippen LogP contribution in [0.25, 0.3) is 12.2 Å². The van der Waals surface area contributed by atoms with Gasteiger partial charge in [0.25, 0.3) is 0 Å². The van der Waals surface area contributed by atoms with Gasteiger partial charge in [-0.25, -0.2) is 0 Å². The van der Waals surface area contributed by atoms with Crippen LogP contribution in [0.1, 0.15) is 56.7 Å². The summed E-state index contributed by atoms with van der Waals surface area (Å²) >= 11 is 0. The maximum atomic E-state index is 12.4. The summed E-state index contributed by atoms with van der Waals surface area (Å²) in [6.45, 7) is 5.69. The zero-order valence-electron chi connectivity index (χ0n) is 17.6. The Hall–Kier alpha value is -2.62. The number of unbranched alkanes of at least 4 members (excludes halogenated alkanes) is 4. The number of hydrogen-bond acceptors (Lipinski definition) is 3. The van der Waals surface area contributed by atoms with Crippen molar-refractivity contribution in [3.63, 3.8) is 0 Å². The molecule has 0 aliphatic carbocycles. The molecular formula is C25H33N3O. The van der Waals surface area contributed by atoms with Crippen LogP contribution in [0.4, 0.5) is 5.69 Å². The van der Waals surface area contributed by atoms with Crippen molar-refractivity contribution in [1.82, 2.24) is 9.88 Å². The monoisotopic (exact) mass is 391 g/mol. The lowest BCUT2D eigenvalue weighted by Crippen LogP contribution is -2.48. The lowest BCUT2D eigenvalue weighted by atomic mass is 10.1. The van der Waals surface area contributed by atoms with E-state index in [9.17, 15) is 4.79 Å². The minimum Gasteiger partial charge on any atom is -0.368 e. The summed E-state index contributed by atoms with van der Waals surface area (Å²) in [5.41, 5.74) is 3.35. The predicted octanol–water partition coefficient (Wildman–Crippen LogP) is 5.26. The number of piperazine rings is 1. The summed E-state index contributed by atoms with van der Waals surface area (Å²) < 4.78 is 0. The van der Waals surface area contributed by atoms with Crippen LogP contribution < -0.4 is 4.90 Å². The molecule has 0 spiro atoms. The average Bonchev–Trinajstić information content (AvgIpc) is 2.78. The minimum absolute atomic E-state index is 0.330.